The van der Waals surface area contributed by atoms with Crippen LogP contribution in [0.15, 0.2) is 72.4 Å². The molecule has 4 aromatic rings. The molecule has 4 rings (SSSR count). The normalized spacial score (nSPS) is 10.7. The van der Waals surface area contributed by atoms with Crippen molar-refractivity contribution in [2.75, 3.05) is 5.32 Å². The standard InChI is InChI=1S/C21H18N4OS/c1-15-23-20(14-27-15)16-7-4-8-17(12-16)21(26)24-19-9-3-2-6-18(19)13-25-11-5-10-22-25/h2-12,14H,13H2,1H3,(H,24,26). The number of carbonyl (C=O) groups is 1. The number of benzene rings is 2. The molecule has 0 aliphatic rings. The Kier molecular flexibility index (Phi) is 4.80. The lowest BCUT2D eigenvalue weighted by atomic mass is 10.1. The first-order valence-electron chi connectivity index (χ1n) is 8.58. The van der Waals surface area contributed by atoms with E-state index in [0.29, 0.717) is 12.1 Å². The van der Waals surface area contributed by atoms with Gasteiger partial charge in [-0.3, -0.25) is 9.48 Å². The molecule has 0 atom stereocenters. The lowest BCUT2D eigenvalue weighted by molar-refractivity contribution is 0.102. The average molecular weight is 374 g/mol. The van der Waals surface area contributed by atoms with E-state index in [2.05, 4.69) is 15.4 Å². The minimum Gasteiger partial charge on any atom is -0.322 e. The number of nitrogens with one attached hydrogen (secondary N) is 1. The van der Waals surface area contributed by atoms with Crippen molar-refractivity contribution in [1.29, 1.82) is 0 Å². The van der Waals surface area contributed by atoms with Gasteiger partial charge in [0, 0.05) is 34.6 Å². The van der Waals surface area contributed by atoms with Crippen LogP contribution in [0.5, 0.6) is 0 Å². The number of nitrogens with zero attached hydrogens (tertiary/aromatic N) is 3. The summed E-state index contributed by atoms with van der Waals surface area (Å²) in [6, 6.07) is 17.2. The van der Waals surface area contributed by atoms with Crippen LogP contribution in [0.4, 0.5) is 5.69 Å². The molecule has 2 heterocycles. The first kappa shape index (κ1) is 17.2. The van der Waals surface area contributed by atoms with E-state index in [0.717, 1.165) is 27.5 Å². The summed E-state index contributed by atoms with van der Waals surface area (Å²) in [5.41, 5.74) is 4.23. The highest BCUT2D eigenvalue weighted by Crippen LogP contribution is 2.23. The van der Waals surface area contributed by atoms with E-state index in [1.807, 2.05) is 77.8 Å². The van der Waals surface area contributed by atoms with E-state index in [1.165, 1.54) is 0 Å². The Morgan fingerprint density at radius 1 is 1.15 bits per heavy atom. The Morgan fingerprint density at radius 3 is 2.81 bits per heavy atom. The zero-order valence-electron chi connectivity index (χ0n) is 14.8. The van der Waals surface area contributed by atoms with Crippen molar-refractivity contribution in [3.63, 3.8) is 0 Å². The molecule has 5 nitrogen and oxygen atoms in total. The number of aromatic nitrogens is 3. The van der Waals surface area contributed by atoms with Crippen molar-refractivity contribution in [2.24, 2.45) is 0 Å². The molecule has 2 aromatic heterocycles. The predicted molar refractivity (Wildman–Crippen MR) is 108 cm³/mol. The zero-order chi connectivity index (χ0) is 18.6. The van der Waals surface area contributed by atoms with E-state index < -0.39 is 0 Å². The molecule has 0 saturated heterocycles. The van der Waals surface area contributed by atoms with Crippen LogP contribution >= 0.6 is 11.3 Å². The predicted octanol–water partition coefficient (Wildman–Crippen LogP) is 4.62. The molecular formula is C21H18N4OS. The number of para-hydroxylation sites is 1. The monoisotopic (exact) mass is 374 g/mol. The number of carbonyl (C=O) groups excluding carboxylic acids is 1. The Labute approximate surface area is 161 Å². The van der Waals surface area contributed by atoms with Crippen LogP contribution in [-0.4, -0.2) is 20.7 Å². The number of rotatable bonds is 5. The molecule has 1 amide bonds. The van der Waals surface area contributed by atoms with E-state index in [1.54, 1.807) is 17.5 Å². The minimum atomic E-state index is -0.142. The molecule has 134 valence electrons. The molecule has 1 N–H and O–H groups in total. The van der Waals surface area contributed by atoms with Crippen molar-refractivity contribution in [1.82, 2.24) is 14.8 Å². The fraction of sp³-hybridized carbons (Fsp3) is 0.0952. The maximum atomic E-state index is 12.8. The van der Waals surface area contributed by atoms with Gasteiger partial charge in [-0.25, -0.2) is 4.98 Å². The highest BCUT2D eigenvalue weighted by molar-refractivity contribution is 7.09. The van der Waals surface area contributed by atoms with Crippen molar-refractivity contribution in [2.45, 2.75) is 13.5 Å². The maximum absolute atomic E-state index is 12.8. The lowest BCUT2D eigenvalue weighted by Gasteiger charge is -2.12. The zero-order valence-corrected chi connectivity index (χ0v) is 15.6. The van der Waals surface area contributed by atoms with Crippen molar-refractivity contribution in [3.8, 4) is 11.3 Å². The average Bonchev–Trinajstić information content (AvgIpc) is 3.35. The van der Waals surface area contributed by atoms with Crippen molar-refractivity contribution < 1.29 is 4.79 Å². The molecule has 0 spiro atoms. The van der Waals surface area contributed by atoms with Gasteiger partial charge in [0.25, 0.3) is 5.91 Å². The molecule has 0 bridgehead atoms. The summed E-state index contributed by atoms with van der Waals surface area (Å²) < 4.78 is 1.83. The van der Waals surface area contributed by atoms with Crippen LogP contribution in [-0.2, 0) is 6.54 Å². The third-order valence-corrected chi connectivity index (χ3v) is 4.97. The van der Waals surface area contributed by atoms with Crippen LogP contribution in [0, 0.1) is 6.92 Å². The van der Waals surface area contributed by atoms with Gasteiger partial charge in [-0.1, -0.05) is 30.3 Å². The maximum Gasteiger partial charge on any atom is 0.255 e. The van der Waals surface area contributed by atoms with Gasteiger partial charge in [0.1, 0.15) is 0 Å². The van der Waals surface area contributed by atoms with E-state index in [9.17, 15) is 4.79 Å². The highest BCUT2D eigenvalue weighted by Gasteiger charge is 2.11. The van der Waals surface area contributed by atoms with Gasteiger partial charge < -0.3 is 5.32 Å². The molecule has 0 fully saturated rings. The lowest BCUT2D eigenvalue weighted by Crippen LogP contribution is -2.14. The second-order valence-electron chi connectivity index (χ2n) is 6.15. The SMILES string of the molecule is Cc1nc(-c2cccc(C(=O)Nc3ccccc3Cn3cccn3)c2)cs1. The number of hydrogen-bond acceptors (Lipinski definition) is 4. The first-order chi connectivity index (χ1) is 13.2. The fourth-order valence-electron chi connectivity index (χ4n) is 2.86. The van der Waals surface area contributed by atoms with Gasteiger partial charge in [-0.2, -0.15) is 5.10 Å². The molecule has 6 heteroatoms. The Balaban J connectivity index is 1.56. The number of amides is 1. The van der Waals surface area contributed by atoms with E-state index in [4.69, 9.17) is 0 Å². The van der Waals surface area contributed by atoms with Crippen LogP contribution in [0.25, 0.3) is 11.3 Å². The summed E-state index contributed by atoms with van der Waals surface area (Å²) in [6.45, 7) is 2.57. The first-order valence-corrected chi connectivity index (χ1v) is 9.46. The molecule has 0 saturated carbocycles. The Morgan fingerprint density at radius 2 is 2.04 bits per heavy atom. The summed E-state index contributed by atoms with van der Waals surface area (Å²) in [4.78, 5) is 17.3. The molecule has 27 heavy (non-hydrogen) atoms. The number of hydrogen-bond donors (Lipinski definition) is 1. The van der Waals surface area contributed by atoms with Gasteiger partial charge in [-0.05, 0) is 36.8 Å². The van der Waals surface area contributed by atoms with Crippen LogP contribution in [0.1, 0.15) is 20.9 Å². The van der Waals surface area contributed by atoms with Crippen LogP contribution < -0.4 is 5.32 Å². The molecule has 0 aliphatic heterocycles. The topological polar surface area (TPSA) is 59.8 Å². The largest absolute Gasteiger partial charge is 0.322 e. The number of thiazole rings is 1. The van der Waals surface area contributed by atoms with Gasteiger partial charge in [0.15, 0.2) is 0 Å². The molecule has 0 aliphatic carbocycles. The van der Waals surface area contributed by atoms with E-state index >= 15 is 0 Å². The van der Waals surface area contributed by atoms with Crippen LogP contribution in [0.3, 0.4) is 0 Å². The van der Waals surface area contributed by atoms with E-state index in [-0.39, 0.29) is 5.91 Å². The Hall–Kier alpha value is -3.25. The van der Waals surface area contributed by atoms with Gasteiger partial charge in [0.2, 0.25) is 0 Å². The summed E-state index contributed by atoms with van der Waals surface area (Å²) in [6.07, 6.45) is 3.64. The molecule has 0 unspecified atom stereocenters. The van der Waals surface area contributed by atoms with Gasteiger partial charge in [0.05, 0.1) is 17.2 Å². The number of anilines is 1. The fourth-order valence-corrected chi connectivity index (χ4v) is 3.48. The highest BCUT2D eigenvalue weighted by atomic mass is 32.1. The quantitative estimate of drug-likeness (QED) is 0.555. The smallest absolute Gasteiger partial charge is 0.255 e. The molecule has 2 aromatic carbocycles. The summed E-state index contributed by atoms with van der Waals surface area (Å²) in [7, 11) is 0. The third-order valence-electron chi connectivity index (χ3n) is 4.20. The minimum absolute atomic E-state index is 0.142. The summed E-state index contributed by atoms with van der Waals surface area (Å²) in [5, 5.41) is 10.3. The molecule has 0 radical (unpaired) electrons. The summed E-state index contributed by atoms with van der Waals surface area (Å²) in [5.74, 6) is -0.142. The second kappa shape index (κ2) is 7.55. The Bertz CT molecular complexity index is 1070. The molecular weight excluding hydrogens is 356 g/mol. The van der Waals surface area contributed by atoms with Crippen molar-refractivity contribution >= 4 is 22.9 Å². The third kappa shape index (κ3) is 3.96. The van der Waals surface area contributed by atoms with Crippen LogP contribution in [0.2, 0.25) is 0 Å². The van der Waals surface area contributed by atoms with Gasteiger partial charge >= 0.3 is 0 Å². The number of aryl methyl sites for hydroxylation is 1. The van der Waals surface area contributed by atoms with Gasteiger partial charge in [-0.15, -0.1) is 11.3 Å². The summed E-state index contributed by atoms with van der Waals surface area (Å²) >= 11 is 1.60. The second-order valence-corrected chi connectivity index (χ2v) is 7.21. The van der Waals surface area contributed by atoms with Crippen molar-refractivity contribution in [3.05, 3.63) is 88.5 Å².